The maximum absolute atomic E-state index is 13.1. The Bertz CT molecular complexity index is 1560. The molecular weight excluding hydrogens is 562 g/mol. The second-order valence-corrected chi connectivity index (χ2v) is 8.81. The molecule has 3 amide bonds. The third-order valence-corrected chi connectivity index (χ3v) is 6.17. The van der Waals surface area contributed by atoms with E-state index in [1.807, 2.05) is 0 Å². The Kier molecular flexibility index (Phi) is 7.66. The zero-order valence-corrected chi connectivity index (χ0v) is 21.2. The van der Waals surface area contributed by atoms with Crippen LogP contribution in [0.25, 0.3) is 0 Å². The van der Waals surface area contributed by atoms with Crippen LogP contribution in [0, 0.1) is 0 Å². The first kappa shape index (κ1) is 27.7. The molecule has 0 aliphatic carbocycles. The first-order valence-electron chi connectivity index (χ1n) is 10.9. The van der Waals surface area contributed by atoms with Crippen molar-refractivity contribution in [1.29, 1.82) is 0 Å². The Balaban J connectivity index is 1.55. The van der Waals surface area contributed by atoms with E-state index in [9.17, 15) is 32.3 Å². The molecule has 3 aromatic carbocycles. The molecule has 0 fully saturated rings. The molecule has 0 radical (unpaired) electrons. The molecule has 0 saturated heterocycles. The van der Waals surface area contributed by atoms with Gasteiger partial charge >= 0.3 is 12.1 Å². The van der Waals surface area contributed by atoms with Crippen molar-refractivity contribution >= 4 is 64.0 Å². The number of alkyl halides is 3. The van der Waals surface area contributed by atoms with Crippen LogP contribution in [0.1, 0.15) is 26.3 Å². The normalized spacial score (nSPS) is 13.5. The number of carbonyl (C=O) groups is 4. The minimum absolute atomic E-state index is 0.00427. The largest absolute Gasteiger partial charge is 0.465 e. The van der Waals surface area contributed by atoms with E-state index in [-0.39, 0.29) is 38.9 Å². The number of benzene rings is 3. The summed E-state index contributed by atoms with van der Waals surface area (Å²) in [5, 5.41) is 4.50. The van der Waals surface area contributed by atoms with E-state index in [0.29, 0.717) is 6.07 Å². The molecule has 0 saturated carbocycles. The number of rotatable bonds is 6. The van der Waals surface area contributed by atoms with Gasteiger partial charge < -0.3 is 15.4 Å². The van der Waals surface area contributed by atoms with E-state index in [0.717, 1.165) is 17.0 Å². The minimum Gasteiger partial charge on any atom is -0.465 e. The van der Waals surface area contributed by atoms with Crippen molar-refractivity contribution in [3.05, 3.63) is 99.2 Å². The summed E-state index contributed by atoms with van der Waals surface area (Å²) < 4.78 is 43.8. The average molecular weight is 578 g/mol. The highest BCUT2D eigenvalue weighted by molar-refractivity contribution is 6.53. The van der Waals surface area contributed by atoms with E-state index in [1.165, 1.54) is 55.6 Å². The van der Waals surface area contributed by atoms with Crippen LogP contribution in [0.5, 0.6) is 0 Å². The standard InChI is InChI=1S/C26H16Cl2F3N3O5/c1-39-25(38)14-5-3-7-17(11-14)34-23(36)20(28)21(24(34)37)32-16-6-2-4-13(10-16)22(35)33-19-12-15(26(29,30)31)8-9-18(19)27/h2-12,32H,1H3,(H,33,35). The summed E-state index contributed by atoms with van der Waals surface area (Å²) in [7, 11) is 1.18. The van der Waals surface area contributed by atoms with Gasteiger partial charge in [-0.25, -0.2) is 9.69 Å². The van der Waals surface area contributed by atoms with Gasteiger partial charge in [0.1, 0.15) is 10.7 Å². The summed E-state index contributed by atoms with van der Waals surface area (Å²) in [6.07, 6.45) is -4.64. The Morgan fingerprint density at radius 3 is 2.28 bits per heavy atom. The quantitative estimate of drug-likeness (QED) is 0.282. The van der Waals surface area contributed by atoms with Gasteiger partial charge in [0.25, 0.3) is 17.7 Å². The molecule has 1 aliphatic heterocycles. The number of hydrogen-bond donors (Lipinski definition) is 2. The predicted molar refractivity (Wildman–Crippen MR) is 138 cm³/mol. The van der Waals surface area contributed by atoms with Crippen LogP contribution in [0.3, 0.4) is 0 Å². The number of carbonyl (C=O) groups excluding carboxylic acids is 4. The third kappa shape index (κ3) is 5.74. The second-order valence-electron chi connectivity index (χ2n) is 8.03. The molecule has 0 unspecified atom stereocenters. The van der Waals surface area contributed by atoms with E-state index in [4.69, 9.17) is 23.2 Å². The molecule has 0 aromatic heterocycles. The minimum atomic E-state index is -4.64. The van der Waals surface area contributed by atoms with Gasteiger partial charge in [0.15, 0.2) is 0 Å². The Labute approximate surface area is 228 Å². The molecule has 3 aromatic rings. The van der Waals surface area contributed by atoms with Gasteiger partial charge in [-0.1, -0.05) is 35.3 Å². The zero-order valence-electron chi connectivity index (χ0n) is 19.7. The fourth-order valence-electron chi connectivity index (χ4n) is 3.61. The predicted octanol–water partition coefficient (Wildman–Crippen LogP) is 5.83. The number of hydrogen-bond acceptors (Lipinski definition) is 6. The topological polar surface area (TPSA) is 105 Å². The lowest BCUT2D eigenvalue weighted by Gasteiger charge is -2.16. The van der Waals surface area contributed by atoms with Crippen molar-refractivity contribution in [2.45, 2.75) is 6.18 Å². The summed E-state index contributed by atoms with van der Waals surface area (Å²) in [6, 6.07) is 13.7. The van der Waals surface area contributed by atoms with Gasteiger partial charge in [0.05, 0.1) is 34.6 Å². The molecule has 39 heavy (non-hydrogen) atoms. The molecule has 200 valence electrons. The third-order valence-electron chi connectivity index (χ3n) is 5.49. The highest BCUT2D eigenvalue weighted by atomic mass is 35.5. The van der Waals surface area contributed by atoms with Gasteiger partial charge in [0, 0.05) is 11.3 Å². The fraction of sp³-hybridized carbons (Fsp3) is 0.0769. The number of anilines is 3. The van der Waals surface area contributed by atoms with Gasteiger partial charge in [-0.15, -0.1) is 0 Å². The SMILES string of the molecule is COC(=O)c1cccc(N2C(=O)C(Cl)=C(Nc3cccc(C(=O)Nc4cc(C(F)(F)F)ccc4Cl)c3)C2=O)c1. The highest BCUT2D eigenvalue weighted by Gasteiger charge is 2.39. The van der Waals surface area contributed by atoms with Crippen LogP contribution in [-0.2, 0) is 20.5 Å². The number of nitrogens with zero attached hydrogens (tertiary/aromatic N) is 1. The Morgan fingerprint density at radius 1 is 0.897 bits per heavy atom. The van der Waals surface area contributed by atoms with E-state index >= 15 is 0 Å². The summed E-state index contributed by atoms with van der Waals surface area (Å²) >= 11 is 12.1. The zero-order chi connectivity index (χ0) is 28.5. The monoisotopic (exact) mass is 577 g/mol. The molecule has 1 aliphatic rings. The van der Waals surface area contributed by atoms with Crippen LogP contribution < -0.4 is 15.5 Å². The molecule has 2 N–H and O–H groups in total. The smallest absolute Gasteiger partial charge is 0.416 e. The number of halogens is 5. The number of esters is 1. The first-order valence-corrected chi connectivity index (χ1v) is 11.7. The van der Waals surface area contributed by atoms with Crippen molar-refractivity contribution < 1.29 is 37.1 Å². The molecule has 0 spiro atoms. The number of imide groups is 1. The number of methoxy groups -OCH3 is 1. The maximum atomic E-state index is 13.1. The first-order chi connectivity index (χ1) is 18.4. The van der Waals surface area contributed by atoms with Crippen LogP contribution in [0.2, 0.25) is 5.02 Å². The number of ether oxygens (including phenoxy) is 1. The van der Waals surface area contributed by atoms with Gasteiger partial charge in [-0.3, -0.25) is 14.4 Å². The summed E-state index contributed by atoms with van der Waals surface area (Å²) in [5.41, 5.74) is -1.17. The van der Waals surface area contributed by atoms with Crippen molar-refractivity contribution in [3.8, 4) is 0 Å². The highest BCUT2D eigenvalue weighted by Crippen LogP contribution is 2.34. The van der Waals surface area contributed by atoms with E-state index in [2.05, 4.69) is 15.4 Å². The molecular formula is C26H16Cl2F3N3O5. The van der Waals surface area contributed by atoms with Crippen molar-refractivity contribution in [1.82, 2.24) is 0 Å². The van der Waals surface area contributed by atoms with E-state index in [1.54, 1.807) is 0 Å². The lowest BCUT2D eigenvalue weighted by molar-refractivity contribution is -0.137. The molecule has 1 heterocycles. The lowest BCUT2D eigenvalue weighted by Crippen LogP contribution is -2.32. The number of amides is 3. The summed E-state index contributed by atoms with van der Waals surface area (Å²) in [6.45, 7) is 0. The Hall–Kier alpha value is -4.35. The van der Waals surface area contributed by atoms with Crippen LogP contribution in [0.4, 0.5) is 30.2 Å². The van der Waals surface area contributed by atoms with Crippen molar-refractivity contribution in [2.24, 2.45) is 0 Å². The molecule has 8 nitrogen and oxygen atoms in total. The summed E-state index contributed by atoms with van der Waals surface area (Å²) in [4.78, 5) is 51.2. The molecule has 4 rings (SSSR count). The molecule has 0 bridgehead atoms. The second kappa shape index (κ2) is 10.8. The maximum Gasteiger partial charge on any atom is 0.416 e. The van der Waals surface area contributed by atoms with Gasteiger partial charge in [0.2, 0.25) is 0 Å². The van der Waals surface area contributed by atoms with Crippen molar-refractivity contribution in [2.75, 3.05) is 22.6 Å². The molecule has 0 atom stereocenters. The lowest BCUT2D eigenvalue weighted by atomic mass is 10.1. The van der Waals surface area contributed by atoms with E-state index < -0.39 is 40.5 Å². The van der Waals surface area contributed by atoms with Gasteiger partial charge in [-0.2, -0.15) is 13.2 Å². The fourth-order valence-corrected chi connectivity index (χ4v) is 3.99. The van der Waals surface area contributed by atoms with Gasteiger partial charge in [-0.05, 0) is 54.6 Å². The van der Waals surface area contributed by atoms with Crippen LogP contribution >= 0.6 is 23.2 Å². The van der Waals surface area contributed by atoms with Crippen molar-refractivity contribution in [3.63, 3.8) is 0 Å². The summed E-state index contributed by atoms with van der Waals surface area (Å²) in [5.74, 6) is -3.12. The van der Waals surface area contributed by atoms with Crippen LogP contribution in [-0.4, -0.2) is 30.8 Å². The van der Waals surface area contributed by atoms with Crippen LogP contribution in [0.15, 0.2) is 77.5 Å². The average Bonchev–Trinajstić information content (AvgIpc) is 3.11. The molecule has 13 heteroatoms. The number of nitrogens with one attached hydrogen (secondary N) is 2. The Morgan fingerprint density at radius 2 is 1.59 bits per heavy atom.